The van der Waals surface area contributed by atoms with Gasteiger partial charge in [-0.2, -0.15) is 5.10 Å². The number of nitrogens with zero attached hydrogens (tertiary/aromatic N) is 2. The number of hydrogen-bond acceptors (Lipinski definition) is 3. The van der Waals surface area contributed by atoms with Crippen molar-refractivity contribution in [3.63, 3.8) is 0 Å². The molecule has 0 bridgehead atoms. The van der Waals surface area contributed by atoms with Gasteiger partial charge >= 0.3 is 0 Å². The first kappa shape index (κ1) is 13.3. The van der Waals surface area contributed by atoms with Crippen LogP contribution in [0.4, 0.5) is 5.82 Å². The molecule has 1 aromatic carbocycles. The normalized spacial score (nSPS) is 16.0. The summed E-state index contributed by atoms with van der Waals surface area (Å²) in [6, 6.07) is 12.8. The van der Waals surface area contributed by atoms with Crippen molar-refractivity contribution in [3.05, 3.63) is 42.6 Å². The Bertz CT molecular complexity index is 757. The van der Waals surface area contributed by atoms with Crippen molar-refractivity contribution in [2.75, 3.05) is 5.32 Å². The summed E-state index contributed by atoms with van der Waals surface area (Å²) in [6.45, 7) is 0. The molecule has 3 aromatic rings. The van der Waals surface area contributed by atoms with Crippen LogP contribution in [-0.2, 0) is 0 Å². The molecule has 4 rings (SSSR count). The van der Waals surface area contributed by atoms with Gasteiger partial charge in [0.1, 0.15) is 11.5 Å². The maximum atomic E-state index is 4.59. The van der Waals surface area contributed by atoms with Crippen LogP contribution in [0.1, 0.15) is 32.1 Å². The average Bonchev–Trinajstić information content (AvgIpc) is 3.02. The fourth-order valence-corrected chi connectivity index (χ4v) is 3.32. The molecule has 4 heteroatoms. The Balaban J connectivity index is 1.76. The molecule has 0 radical (unpaired) electrons. The summed E-state index contributed by atoms with van der Waals surface area (Å²) >= 11 is 0. The molecule has 0 spiro atoms. The minimum atomic E-state index is 0.533. The van der Waals surface area contributed by atoms with Crippen LogP contribution in [0.25, 0.3) is 22.2 Å². The molecule has 0 amide bonds. The van der Waals surface area contributed by atoms with E-state index in [0.717, 1.165) is 28.0 Å². The van der Waals surface area contributed by atoms with E-state index in [1.807, 2.05) is 30.5 Å². The standard InChI is InChI=1S/C18H20N4/c1-3-7-13(8-4-1)17-16-15(21-22-17)11-12-19-18(16)20-14-9-5-2-6-10-14/h1,3-4,7-8,11-12,14H,2,5-6,9-10H2,(H,19,20)(H,21,22). The Hall–Kier alpha value is -2.36. The second kappa shape index (κ2) is 5.79. The number of H-pyrrole nitrogens is 1. The van der Waals surface area contributed by atoms with Gasteiger partial charge in [0.05, 0.1) is 10.9 Å². The molecule has 112 valence electrons. The first-order valence-corrected chi connectivity index (χ1v) is 8.07. The van der Waals surface area contributed by atoms with E-state index in [9.17, 15) is 0 Å². The number of nitrogens with one attached hydrogen (secondary N) is 2. The van der Waals surface area contributed by atoms with E-state index >= 15 is 0 Å². The predicted molar refractivity (Wildman–Crippen MR) is 89.8 cm³/mol. The van der Waals surface area contributed by atoms with Gasteiger partial charge in [0.15, 0.2) is 0 Å². The zero-order chi connectivity index (χ0) is 14.8. The molecule has 22 heavy (non-hydrogen) atoms. The van der Waals surface area contributed by atoms with Gasteiger partial charge in [-0.15, -0.1) is 0 Å². The Morgan fingerprint density at radius 2 is 1.82 bits per heavy atom. The van der Waals surface area contributed by atoms with E-state index in [1.54, 1.807) is 0 Å². The van der Waals surface area contributed by atoms with Gasteiger partial charge in [-0.3, -0.25) is 5.10 Å². The van der Waals surface area contributed by atoms with E-state index in [2.05, 4.69) is 32.6 Å². The van der Waals surface area contributed by atoms with Crippen LogP contribution in [0.2, 0.25) is 0 Å². The maximum Gasteiger partial charge on any atom is 0.137 e. The van der Waals surface area contributed by atoms with E-state index in [-0.39, 0.29) is 0 Å². The minimum Gasteiger partial charge on any atom is -0.367 e. The lowest BCUT2D eigenvalue weighted by molar-refractivity contribution is 0.462. The third-order valence-electron chi connectivity index (χ3n) is 4.47. The van der Waals surface area contributed by atoms with Gasteiger partial charge in [-0.25, -0.2) is 4.98 Å². The van der Waals surface area contributed by atoms with Crippen molar-refractivity contribution >= 4 is 16.7 Å². The van der Waals surface area contributed by atoms with Crippen molar-refractivity contribution in [1.82, 2.24) is 15.2 Å². The van der Waals surface area contributed by atoms with Crippen LogP contribution < -0.4 is 5.32 Å². The topological polar surface area (TPSA) is 53.6 Å². The summed E-state index contributed by atoms with van der Waals surface area (Å²) in [5.74, 6) is 0.956. The molecule has 2 N–H and O–H groups in total. The van der Waals surface area contributed by atoms with Gasteiger partial charge in [-0.1, -0.05) is 49.6 Å². The summed E-state index contributed by atoms with van der Waals surface area (Å²) in [4.78, 5) is 4.59. The average molecular weight is 292 g/mol. The zero-order valence-electron chi connectivity index (χ0n) is 12.5. The van der Waals surface area contributed by atoms with Crippen molar-refractivity contribution in [3.8, 4) is 11.3 Å². The SMILES string of the molecule is c1ccc(-c2n[nH]c3ccnc(NC4CCCCC4)c23)cc1. The van der Waals surface area contributed by atoms with Crippen molar-refractivity contribution in [2.45, 2.75) is 38.1 Å². The fraction of sp³-hybridized carbons (Fsp3) is 0.333. The summed E-state index contributed by atoms with van der Waals surface area (Å²) in [7, 11) is 0. The first-order valence-electron chi connectivity index (χ1n) is 8.07. The summed E-state index contributed by atoms with van der Waals surface area (Å²) in [6.07, 6.45) is 8.29. The van der Waals surface area contributed by atoms with Crippen molar-refractivity contribution in [1.29, 1.82) is 0 Å². The van der Waals surface area contributed by atoms with Crippen LogP contribution >= 0.6 is 0 Å². The number of anilines is 1. The second-order valence-electron chi connectivity index (χ2n) is 6.00. The van der Waals surface area contributed by atoms with Crippen LogP contribution in [0, 0.1) is 0 Å². The van der Waals surface area contributed by atoms with Crippen molar-refractivity contribution < 1.29 is 0 Å². The lowest BCUT2D eigenvalue weighted by atomic mass is 9.95. The van der Waals surface area contributed by atoms with Crippen LogP contribution in [0.3, 0.4) is 0 Å². The fourth-order valence-electron chi connectivity index (χ4n) is 3.32. The first-order chi connectivity index (χ1) is 10.9. The van der Waals surface area contributed by atoms with Crippen molar-refractivity contribution in [2.24, 2.45) is 0 Å². The highest BCUT2D eigenvalue weighted by Crippen LogP contribution is 2.32. The third-order valence-corrected chi connectivity index (χ3v) is 4.47. The number of pyridine rings is 1. The maximum absolute atomic E-state index is 4.59. The van der Waals surface area contributed by atoms with Gasteiger partial charge in [-0.05, 0) is 18.9 Å². The lowest BCUT2D eigenvalue weighted by Crippen LogP contribution is -2.22. The molecule has 0 saturated heterocycles. The molecule has 1 aliphatic carbocycles. The molecular weight excluding hydrogens is 272 g/mol. The molecule has 1 fully saturated rings. The smallest absolute Gasteiger partial charge is 0.137 e. The van der Waals surface area contributed by atoms with Gasteiger partial charge in [0.25, 0.3) is 0 Å². The number of aromatic amines is 1. The zero-order valence-corrected chi connectivity index (χ0v) is 12.5. The largest absolute Gasteiger partial charge is 0.367 e. The Labute approximate surface area is 130 Å². The Morgan fingerprint density at radius 1 is 1.00 bits per heavy atom. The molecular formula is C18H20N4. The number of benzene rings is 1. The Kier molecular flexibility index (Phi) is 3.51. The molecule has 0 aliphatic heterocycles. The molecule has 0 unspecified atom stereocenters. The molecule has 2 aromatic heterocycles. The second-order valence-corrected chi connectivity index (χ2v) is 6.00. The summed E-state index contributed by atoms with van der Waals surface area (Å²) < 4.78 is 0. The number of hydrogen-bond donors (Lipinski definition) is 2. The molecule has 4 nitrogen and oxygen atoms in total. The van der Waals surface area contributed by atoms with E-state index in [0.29, 0.717) is 6.04 Å². The van der Waals surface area contributed by atoms with Gasteiger partial charge in [0, 0.05) is 17.8 Å². The van der Waals surface area contributed by atoms with Gasteiger partial charge < -0.3 is 5.32 Å². The molecule has 0 atom stereocenters. The van der Waals surface area contributed by atoms with Crippen LogP contribution in [0.5, 0.6) is 0 Å². The lowest BCUT2D eigenvalue weighted by Gasteiger charge is -2.23. The quantitative estimate of drug-likeness (QED) is 0.753. The van der Waals surface area contributed by atoms with Gasteiger partial charge in [0.2, 0.25) is 0 Å². The third kappa shape index (κ3) is 2.45. The molecule has 1 saturated carbocycles. The summed E-state index contributed by atoms with van der Waals surface area (Å²) in [5, 5.41) is 12.4. The van der Waals surface area contributed by atoms with Crippen LogP contribution in [0.15, 0.2) is 42.6 Å². The minimum absolute atomic E-state index is 0.533. The van der Waals surface area contributed by atoms with E-state index in [1.165, 1.54) is 32.1 Å². The molecule has 2 heterocycles. The van der Waals surface area contributed by atoms with E-state index in [4.69, 9.17) is 0 Å². The van der Waals surface area contributed by atoms with E-state index < -0.39 is 0 Å². The number of aromatic nitrogens is 3. The highest BCUT2D eigenvalue weighted by Gasteiger charge is 2.18. The summed E-state index contributed by atoms with van der Waals surface area (Å²) in [5.41, 5.74) is 3.13. The molecule has 1 aliphatic rings. The van der Waals surface area contributed by atoms with Crippen LogP contribution in [-0.4, -0.2) is 21.2 Å². The Morgan fingerprint density at radius 3 is 2.64 bits per heavy atom. The number of fused-ring (bicyclic) bond motifs is 1. The predicted octanol–water partition coefficient (Wildman–Crippen LogP) is 4.37. The highest BCUT2D eigenvalue weighted by atomic mass is 15.1. The number of rotatable bonds is 3. The highest BCUT2D eigenvalue weighted by molar-refractivity contribution is 6.00. The monoisotopic (exact) mass is 292 g/mol.